The van der Waals surface area contributed by atoms with Gasteiger partial charge in [0, 0.05) is 25.7 Å². The summed E-state index contributed by atoms with van der Waals surface area (Å²) in [5.41, 5.74) is 7.13. The summed E-state index contributed by atoms with van der Waals surface area (Å²) in [6.45, 7) is 2.82. The standard InChI is InChI=1S/C14H22N2O2/c1-18-13-4-2-12(3-5-13)14(8-15)16-7-6-11(9-16)10-17/h2-5,11,14,17H,6-10,15H2,1H3. The number of aliphatic hydroxyl groups excluding tert-OH is 1. The highest BCUT2D eigenvalue weighted by molar-refractivity contribution is 5.29. The predicted molar refractivity (Wildman–Crippen MR) is 71.6 cm³/mol. The summed E-state index contributed by atoms with van der Waals surface area (Å²) in [5.74, 6) is 1.27. The van der Waals surface area contributed by atoms with E-state index in [0.29, 0.717) is 12.5 Å². The molecule has 1 aliphatic heterocycles. The van der Waals surface area contributed by atoms with Gasteiger partial charge in [-0.1, -0.05) is 12.1 Å². The first-order valence-corrected chi connectivity index (χ1v) is 6.47. The molecule has 0 radical (unpaired) electrons. The maximum Gasteiger partial charge on any atom is 0.118 e. The highest BCUT2D eigenvalue weighted by Gasteiger charge is 2.27. The van der Waals surface area contributed by atoms with Crippen molar-refractivity contribution in [2.24, 2.45) is 11.7 Å². The minimum Gasteiger partial charge on any atom is -0.497 e. The number of ether oxygens (including phenoxy) is 1. The number of likely N-dealkylation sites (tertiary alicyclic amines) is 1. The Balaban J connectivity index is 2.08. The molecule has 0 aromatic heterocycles. The summed E-state index contributed by atoms with van der Waals surface area (Å²) in [4.78, 5) is 2.36. The molecule has 0 saturated carbocycles. The molecule has 3 N–H and O–H groups in total. The van der Waals surface area contributed by atoms with Crippen LogP contribution in [0.15, 0.2) is 24.3 Å². The quantitative estimate of drug-likeness (QED) is 0.819. The largest absolute Gasteiger partial charge is 0.497 e. The van der Waals surface area contributed by atoms with Crippen molar-refractivity contribution in [3.63, 3.8) is 0 Å². The lowest BCUT2D eigenvalue weighted by atomic mass is 10.1. The molecule has 1 saturated heterocycles. The molecule has 0 spiro atoms. The third-order valence-corrected chi connectivity index (χ3v) is 3.74. The van der Waals surface area contributed by atoms with Gasteiger partial charge in [-0.05, 0) is 36.6 Å². The maximum atomic E-state index is 9.20. The van der Waals surface area contributed by atoms with Gasteiger partial charge in [0.2, 0.25) is 0 Å². The highest BCUT2D eigenvalue weighted by atomic mass is 16.5. The molecule has 0 bridgehead atoms. The number of aliphatic hydroxyl groups is 1. The minimum absolute atomic E-state index is 0.243. The summed E-state index contributed by atoms with van der Waals surface area (Å²) in [6.07, 6.45) is 1.06. The molecule has 2 atom stereocenters. The normalized spacial score (nSPS) is 22.1. The van der Waals surface area contributed by atoms with E-state index in [4.69, 9.17) is 10.5 Å². The molecule has 2 unspecified atom stereocenters. The molecule has 0 aliphatic carbocycles. The van der Waals surface area contributed by atoms with E-state index in [2.05, 4.69) is 17.0 Å². The van der Waals surface area contributed by atoms with E-state index in [0.717, 1.165) is 25.3 Å². The number of hydrogen-bond acceptors (Lipinski definition) is 4. The molecule has 1 aromatic carbocycles. The summed E-state index contributed by atoms with van der Waals surface area (Å²) >= 11 is 0. The monoisotopic (exact) mass is 250 g/mol. The van der Waals surface area contributed by atoms with Crippen molar-refractivity contribution in [3.05, 3.63) is 29.8 Å². The molecule has 1 aromatic rings. The lowest BCUT2D eigenvalue weighted by Crippen LogP contribution is -2.32. The fourth-order valence-corrected chi connectivity index (χ4v) is 2.62. The van der Waals surface area contributed by atoms with Crippen molar-refractivity contribution in [3.8, 4) is 5.75 Å². The van der Waals surface area contributed by atoms with Crippen LogP contribution in [-0.4, -0.2) is 43.4 Å². The molecular formula is C14H22N2O2. The third kappa shape index (κ3) is 2.83. The second-order valence-electron chi connectivity index (χ2n) is 4.86. The lowest BCUT2D eigenvalue weighted by molar-refractivity contribution is 0.200. The Hall–Kier alpha value is -1.10. The summed E-state index contributed by atoms with van der Waals surface area (Å²) in [7, 11) is 1.67. The molecule has 18 heavy (non-hydrogen) atoms. The molecule has 100 valence electrons. The van der Waals surface area contributed by atoms with Crippen LogP contribution >= 0.6 is 0 Å². The number of nitrogens with two attached hydrogens (primary N) is 1. The number of hydrogen-bond donors (Lipinski definition) is 2. The summed E-state index contributed by atoms with van der Waals surface area (Å²) in [6, 6.07) is 8.33. The topological polar surface area (TPSA) is 58.7 Å². The summed E-state index contributed by atoms with van der Waals surface area (Å²) in [5, 5.41) is 9.20. The van der Waals surface area contributed by atoms with Gasteiger partial charge in [0.05, 0.1) is 7.11 Å². The van der Waals surface area contributed by atoms with Gasteiger partial charge in [-0.3, -0.25) is 4.90 Å². The van der Waals surface area contributed by atoms with Crippen LogP contribution in [-0.2, 0) is 0 Å². The molecule has 1 fully saturated rings. The zero-order chi connectivity index (χ0) is 13.0. The van der Waals surface area contributed by atoms with Gasteiger partial charge in [-0.25, -0.2) is 0 Å². The summed E-state index contributed by atoms with van der Waals surface area (Å²) < 4.78 is 5.16. The van der Waals surface area contributed by atoms with Crippen molar-refractivity contribution in [2.45, 2.75) is 12.5 Å². The second-order valence-corrected chi connectivity index (χ2v) is 4.86. The van der Waals surface area contributed by atoms with E-state index in [1.807, 2.05) is 12.1 Å². The number of benzene rings is 1. The van der Waals surface area contributed by atoms with E-state index in [1.165, 1.54) is 5.56 Å². The van der Waals surface area contributed by atoms with E-state index >= 15 is 0 Å². The SMILES string of the molecule is COc1ccc(C(CN)N2CCC(CO)C2)cc1. The Labute approximate surface area is 108 Å². The van der Waals surface area contributed by atoms with E-state index in [1.54, 1.807) is 7.11 Å². The van der Waals surface area contributed by atoms with E-state index < -0.39 is 0 Å². The molecule has 1 heterocycles. The van der Waals surface area contributed by atoms with Gasteiger partial charge in [-0.15, -0.1) is 0 Å². The first-order valence-electron chi connectivity index (χ1n) is 6.47. The molecular weight excluding hydrogens is 228 g/mol. The molecule has 4 nitrogen and oxygen atoms in total. The van der Waals surface area contributed by atoms with Crippen molar-refractivity contribution >= 4 is 0 Å². The van der Waals surface area contributed by atoms with Crippen molar-refractivity contribution in [1.29, 1.82) is 0 Å². The molecule has 2 rings (SSSR count). The van der Waals surface area contributed by atoms with Crippen LogP contribution in [0.5, 0.6) is 5.75 Å². The minimum atomic E-state index is 0.243. The Morgan fingerprint density at radius 3 is 2.67 bits per heavy atom. The zero-order valence-corrected chi connectivity index (χ0v) is 10.9. The van der Waals surface area contributed by atoms with E-state index in [-0.39, 0.29) is 12.6 Å². The van der Waals surface area contributed by atoms with Gasteiger partial charge in [0.25, 0.3) is 0 Å². The van der Waals surface area contributed by atoms with Crippen molar-refractivity contribution in [1.82, 2.24) is 4.90 Å². The van der Waals surface area contributed by atoms with Crippen LogP contribution in [0.2, 0.25) is 0 Å². The molecule has 0 amide bonds. The first kappa shape index (κ1) is 13.3. The number of rotatable bonds is 5. The zero-order valence-electron chi connectivity index (χ0n) is 10.9. The van der Waals surface area contributed by atoms with Crippen LogP contribution in [0.4, 0.5) is 0 Å². The fraction of sp³-hybridized carbons (Fsp3) is 0.571. The van der Waals surface area contributed by atoms with Crippen LogP contribution in [0, 0.1) is 5.92 Å². The Morgan fingerprint density at radius 2 is 2.17 bits per heavy atom. The highest BCUT2D eigenvalue weighted by Crippen LogP contribution is 2.27. The maximum absolute atomic E-state index is 9.20. The van der Waals surface area contributed by atoms with Crippen LogP contribution < -0.4 is 10.5 Å². The third-order valence-electron chi connectivity index (χ3n) is 3.74. The van der Waals surface area contributed by atoms with Gasteiger partial charge >= 0.3 is 0 Å². The van der Waals surface area contributed by atoms with E-state index in [9.17, 15) is 5.11 Å². The smallest absolute Gasteiger partial charge is 0.118 e. The Kier molecular flexibility index (Phi) is 4.58. The van der Waals surface area contributed by atoms with Crippen molar-refractivity contribution in [2.75, 3.05) is 33.4 Å². The number of methoxy groups -OCH3 is 1. The van der Waals surface area contributed by atoms with Gasteiger partial charge < -0.3 is 15.6 Å². The number of nitrogens with zero attached hydrogens (tertiary/aromatic N) is 1. The first-order chi connectivity index (χ1) is 8.78. The predicted octanol–water partition coefficient (Wildman–Crippen LogP) is 1.01. The van der Waals surface area contributed by atoms with Gasteiger partial charge in [0.1, 0.15) is 5.75 Å². The van der Waals surface area contributed by atoms with Crippen LogP contribution in [0.25, 0.3) is 0 Å². The molecule has 4 heteroatoms. The van der Waals surface area contributed by atoms with Crippen LogP contribution in [0.1, 0.15) is 18.0 Å². The average Bonchev–Trinajstić information content (AvgIpc) is 2.89. The van der Waals surface area contributed by atoms with Gasteiger partial charge in [0.15, 0.2) is 0 Å². The Bertz CT molecular complexity index is 367. The second kappa shape index (κ2) is 6.18. The molecule has 1 aliphatic rings. The average molecular weight is 250 g/mol. The van der Waals surface area contributed by atoms with Crippen LogP contribution in [0.3, 0.4) is 0 Å². The van der Waals surface area contributed by atoms with Crippen molar-refractivity contribution < 1.29 is 9.84 Å². The fourth-order valence-electron chi connectivity index (χ4n) is 2.62. The lowest BCUT2D eigenvalue weighted by Gasteiger charge is -2.27. The Morgan fingerprint density at radius 1 is 1.44 bits per heavy atom. The van der Waals surface area contributed by atoms with Gasteiger partial charge in [-0.2, -0.15) is 0 Å².